The summed E-state index contributed by atoms with van der Waals surface area (Å²) >= 11 is 0. The van der Waals surface area contributed by atoms with E-state index in [0.29, 0.717) is 29.2 Å². The van der Waals surface area contributed by atoms with Crippen molar-refractivity contribution in [1.82, 2.24) is 14.7 Å². The average Bonchev–Trinajstić information content (AvgIpc) is 2.94. The molecule has 3 aromatic carbocycles. The van der Waals surface area contributed by atoms with Gasteiger partial charge in [-0.15, -0.1) is 0 Å². The number of anilines is 2. The van der Waals surface area contributed by atoms with Crippen molar-refractivity contribution in [3.63, 3.8) is 0 Å². The second-order valence-corrected chi connectivity index (χ2v) is 11.8. The molecule has 194 valence electrons. The van der Waals surface area contributed by atoms with E-state index < -0.39 is 10.0 Å². The summed E-state index contributed by atoms with van der Waals surface area (Å²) in [4.78, 5) is 12.0. The topological polar surface area (TPSA) is 87.2 Å². The predicted octanol–water partition coefficient (Wildman–Crippen LogP) is 5.44. The zero-order valence-electron chi connectivity index (χ0n) is 21.5. The Balaban J connectivity index is 1.14. The molecule has 1 fully saturated rings. The van der Waals surface area contributed by atoms with Crippen LogP contribution >= 0.6 is 0 Å². The van der Waals surface area contributed by atoms with E-state index >= 15 is 0 Å². The summed E-state index contributed by atoms with van der Waals surface area (Å²) in [6.45, 7) is 4.29. The Labute approximate surface area is 219 Å². The second-order valence-electron chi connectivity index (χ2n) is 10.0. The number of aromatic nitrogens is 2. The lowest BCUT2D eigenvalue weighted by Crippen LogP contribution is -2.32. The smallest absolute Gasteiger partial charge is 0.240 e. The van der Waals surface area contributed by atoms with Gasteiger partial charge in [-0.25, -0.2) is 18.1 Å². The Hall–Kier alpha value is -3.23. The number of hydrogen-bond acceptors (Lipinski definition) is 6. The zero-order valence-corrected chi connectivity index (χ0v) is 22.3. The van der Waals surface area contributed by atoms with Crippen LogP contribution in [-0.4, -0.2) is 45.1 Å². The summed E-state index contributed by atoms with van der Waals surface area (Å²) in [5.41, 5.74) is 0.942. The summed E-state index contributed by atoms with van der Waals surface area (Å²) in [6.07, 6.45) is 4.14. The van der Waals surface area contributed by atoms with Crippen molar-refractivity contribution in [2.75, 3.05) is 36.9 Å². The Kier molecular flexibility index (Phi) is 7.58. The van der Waals surface area contributed by atoms with Crippen LogP contribution in [0.1, 0.15) is 32.6 Å². The summed E-state index contributed by atoms with van der Waals surface area (Å²) in [6, 6.07) is 21.2. The Bertz CT molecular complexity index is 1480. The van der Waals surface area contributed by atoms with Crippen molar-refractivity contribution in [2.24, 2.45) is 11.8 Å². The van der Waals surface area contributed by atoms with Crippen LogP contribution in [0.5, 0.6) is 0 Å². The number of nitrogens with one attached hydrogen (secondary N) is 2. The fourth-order valence-corrected chi connectivity index (χ4v) is 6.25. The van der Waals surface area contributed by atoms with Gasteiger partial charge in [0.05, 0.1) is 10.4 Å². The van der Waals surface area contributed by atoms with Crippen LogP contribution in [-0.2, 0) is 10.0 Å². The van der Waals surface area contributed by atoms with Crippen molar-refractivity contribution < 1.29 is 8.42 Å². The first-order chi connectivity index (χ1) is 17.9. The first-order valence-corrected chi connectivity index (χ1v) is 14.6. The molecule has 1 heterocycles. The fourth-order valence-electron chi connectivity index (χ4n) is 5.10. The van der Waals surface area contributed by atoms with Gasteiger partial charge < -0.3 is 10.2 Å². The molecule has 2 N–H and O–H groups in total. The maximum atomic E-state index is 12.9. The Morgan fingerprint density at radius 1 is 0.865 bits per heavy atom. The highest BCUT2D eigenvalue weighted by Gasteiger charge is 2.24. The molecular formula is C29H35N5O2S. The molecule has 37 heavy (non-hydrogen) atoms. The molecule has 4 aromatic rings. The van der Waals surface area contributed by atoms with Gasteiger partial charge in [0.2, 0.25) is 16.0 Å². The van der Waals surface area contributed by atoms with E-state index in [1.807, 2.05) is 55.6 Å². The molecule has 0 spiro atoms. The SMILES string of the molecule is CCN(C)c1nc(NCC2CCC(CNS(=O)(=O)c3ccc4ccccc4c3)CC2)nc2ccccc12. The standard InChI is InChI=1S/C29H35N5O2S/c1-3-34(2)28-26-10-6-7-11-27(26)32-29(33-28)30-19-21-12-14-22(15-13-21)20-31-37(35,36)25-17-16-23-8-4-5-9-24(23)18-25/h4-11,16-18,21-22,31H,3,12-15,19-20H2,1-2H3,(H,30,32,33). The van der Waals surface area contributed by atoms with Crippen molar-refractivity contribution >= 4 is 43.5 Å². The molecule has 0 saturated heterocycles. The normalized spacial score (nSPS) is 18.2. The molecule has 0 amide bonds. The van der Waals surface area contributed by atoms with Crippen LogP contribution in [0.3, 0.4) is 0 Å². The van der Waals surface area contributed by atoms with Crippen LogP contribution in [0.25, 0.3) is 21.7 Å². The van der Waals surface area contributed by atoms with Crippen LogP contribution in [0, 0.1) is 11.8 Å². The molecular weight excluding hydrogens is 482 g/mol. The second kappa shape index (κ2) is 11.0. The van der Waals surface area contributed by atoms with Crippen LogP contribution in [0.2, 0.25) is 0 Å². The first-order valence-electron chi connectivity index (χ1n) is 13.1. The van der Waals surface area contributed by atoms with Crippen molar-refractivity contribution in [1.29, 1.82) is 0 Å². The quantitative estimate of drug-likeness (QED) is 0.308. The third-order valence-corrected chi connectivity index (χ3v) is 8.95. The van der Waals surface area contributed by atoms with E-state index in [4.69, 9.17) is 9.97 Å². The van der Waals surface area contributed by atoms with Gasteiger partial charge in [-0.3, -0.25) is 0 Å². The Morgan fingerprint density at radius 2 is 1.54 bits per heavy atom. The van der Waals surface area contributed by atoms with E-state index in [1.54, 1.807) is 12.1 Å². The third-order valence-electron chi connectivity index (χ3n) is 7.53. The highest BCUT2D eigenvalue weighted by molar-refractivity contribution is 7.89. The lowest BCUT2D eigenvalue weighted by Gasteiger charge is -2.29. The molecule has 1 aliphatic carbocycles. The molecule has 0 bridgehead atoms. The molecule has 0 unspecified atom stereocenters. The molecule has 1 aromatic heterocycles. The molecule has 8 heteroatoms. The highest BCUT2D eigenvalue weighted by atomic mass is 32.2. The maximum absolute atomic E-state index is 12.9. The molecule has 1 aliphatic rings. The van der Waals surface area contributed by atoms with Gasteiger partial charge in [-0.05, 0) is 79.5 Å². The molecule has 0 atom stereocenters. The number of hydrogen-bond donors (Lipinski definition) is 2. The van der Waals surface area contributed by atoms with Crippen LogP contribution < -0.4 is 14.9 Å². The van der Waals surface area contributed by atoms with Gasteiger partial charge in [0.15, 0.2) is 0 Å². The lowest BCUT2D eigenvalue weighted by atomic mass is 9.82. The average molecular weight is 518 g/mol. The number of para-hydroxylation sites is 1. The molecule has 7 nitrogen and oxygen atoms in total. The summed E-state index contributed by atoms with van der Waals surface area (Å²) < 4.78 is 28.6. The van der Waals surface area contributed by atoms with Crippen LogP contribution in [0.4, 0.5) is 11.8 Å². The van der Waals surface area contributed by atoms with Gasteiger partial charge >= 0.3 is 0 Å². The van der Waals surface area contributed by atoms with E-state index in [1.165, 1.54) is 0 Å². The van der Waals surface area contributed by atoms with Gasteiger partial charge in [-0.1, -0.05) is 42.5 Å². The van der Waals surface area contributed by atoms with Crippen molar-refractivity contribution in [2.45, 2.75) is 37.5 Å². The molecule has 0 radical (unpaired) electrons. The van der Waals surface area contributed by atoms with Crippen molar-refractivity contribution in [3.8, 4) is 0 Å². The minimum Gasteiger partial charge on any atom is -0.359 e. The number of sulfonamides is 1. The molecule has 1 saturated carbocycles. The number of rotatable bonds is 9. The first kappa shape index (κ1) is 25.4. The monoisotopic (exact) mass is 517 g/mol. The van der Waals surface area contributed by atoms with E-state index in [0.717, 1.165) is 66.3 Å². The van der Waals surface area contributed by atoms with Gasteiger partial charge in [0.1, 0.15) is 5.82 Å². The summed E-state index contributed by atoms with van der Waals surface area (Å²) in [5.74, 6) is 2.49. The Morgan fingerprint density at radius 3 is 2.30 bits per heavy atom. The molecule has 5 rings (SSSR count). The number of fused-ring (bicyclic) bond motifs is 2. The summed E-state index contributed by atoms with van der Waals surface area (Å²) in [7, 11) is -1.48. The minimum absolute atomic E-state index is 0.326. The largest absolute Gasteiger partial charge is 0.359 e. The van der Waals surface area contributed by atoms with E-state index in [-0.39, 0.29) is 0 Å². The fraction of sp³-hybridized carbons (Fsp3) is 0.379. The van der Waals surface area contributed by atoms with Gasteiger partial charge in [-0.2, -0.15) is 4.98 Å². The zero-order chi connectivity index (χ0) is 25.8. The summed E-state index contributed by atoms with van der Waals surface area (Å²) in [5, 5.41) is 6.50. The van der Waals surface area contributed by atoms with E-state index in [2.05, 4.69) is 27.9 Å². The molecule has 0 aliphatic heterocycles. The van der Waals surface area contributed by atoms with E-state index in [9.17, 15) is 8.42 Å². The third kappa shape index (κ3) is 5.86. The van der Waals surface area contributed by atoms with Gasteiger partial charge in [0.25, 0.3) is 0 Å². The minimum atomic E-state index is -3.53. The number of benzene rings is 3. The van der Waals surface area contributed by atoms with Crippen molar-refractivity contribution in [3.05, 3.63) is 66.7 Å². The van der Waals surface area contributed by atoms with Gasteiger partial charge in [0, 0.05) is 32.1 Å². The lowest BCUT2D eigenvalue weighted by molar-refractivity contribution is 0.284. The maximum Gasteiger partial charge on any atom is 0.240 e. The predicted molar refractivity (Wildman–Crippen MR) is 152 cm³/mol. The van der Waals surface area contributed by atoms with Crippen LogP contribution in [0.15, 0.2) is 71.6 Å². The number of nitrogens with zero attached hydrogens (tertiary/aromatic N) is 3. The highest BCUT2D eigenvalue weighted by Crippen LogP contribution is 2.30.